The van der Waals surface area contributed by atoms with E-state index in [1.165, 1.54) is 11.0 Å². The van der Waals surface area contributed by atoms with E-state index in [1.807, 2.05) is 0 Å². The fourth-order valence-electron chi connectivity index (χ4n) is 1.97. The SMILES string of the molecule is CNc1nc(N2CCCOCC2)nc(-n2cncn2)n1. The molecule has 0 bridgehead atoms. The lowest BCUT2D eigenvalue weighted by atomic mass is 10.4. The average molecular weight is 276 g/mol. The molecule has 3 rings (SSSR count). The molecule has 0 amide bonds. The molecule has 1 fully saturated rings. The first-order valence-electron chi connectivity index (χ1n) is 6.48. The molecule has 0 aromatic carbocycles. The Morgan fingerprint density at radius 2 is 2.05 bits per heavy atom. The molecule has 0 unspecified atom stereocenters. The molecule has 3 heterocycles. The zero-order valence-corrected chi connectivity index (χ0v) is 11.2. The number of hydrogen-bond acceptors (Lipinski definition) is 8. The maximum absolute atomic E-state index is 5.45. The monoisotopic (exact) mass is 276 g/mol. The van der Waals surface area contributed by atoms with E-state index in [0.717, 1.165) is 26.1 Å². The first-order chi connectivity index (χ1) is 9.86. The van der Waals surface area contributed by atoms with Crippen molar-refractivity contribution in [2.45, 2.75) is 6.42 Å². The van der Waals surface area contributed by atoms with Gasteiger partial charge < -0.3 is 15.0 Å². The summed E-state index contributed by atoms with van der Waals surface area (Å²) in [4.78, 5) is 19.1. The third-order valence-corrected chi connectivity index (χ3v) is 2.96. The number of rotatable bonds is 3. The molecule has 0 aliphatic carbocycles. The van der Waals surface area contributed by atoms with Crippen molar-refractivity contribution in [1.82, 2.24) is 29.7 Å². The summed E-state index contributed by atoms with van der Waals surface area (Å²) >= 11 is 0. The standard InChI is InChI=1S/C11H16N8O/c1-12-9-15-10(18-3-2-5-20-6-4-18)17-11(16-9)19-8-13-7-14-19/h7-8H,2-6H2,1H3,(H,12,15,16,17). The number of nitrogens with zero attached hydrogens (tertiary/aromatic N) is 7. The highest BCUT2D eigenvalue weighted by Gasteiger charge is 2.16. The predicted molar refractivity (Wildman–Crippen MR) is 71.9 cm³/mol. The molecule has 106 valence electrons. The molecular weight excluding hydrogens is 260 g/mol. The zero-order valence-electron chi connectivity index (χ0n) is 11.2. The fourth-order valence-corrected chi connectivity index (χ4v) is 1.97. The topological polar surface area (TPSA) is 93.9 Å². The van der Waals surface area contributed by atoms with Crippen molar-refractivity contribution in [3.8, 4) is 5.95 Å². The van der Waals surface area contributed by atoms with E-state index >= 15 is 0 Å². The lowest BCUT2D eigenvalue weighted by Gasteiger charge is -2.20. The van der Waals surface area contributed by atoms with Crippen LogP contribution >= 0.6 is 0 Å². The molecular formula is C11H16N8O. The smallest absolute Gasteiger partial charge is 0.258 e. The van der Waals surface area contributed by atoms with E-state index < -0.39 is 0 Å². The number of ether oxygens (including phenoxy) is 1. The molecule has 2 aromatic heterocycles. The van der Waals surface area contributed by atoms with Crippen LogP contribution in [0.3, 0.4) is 0 Å². The minimum atomic E-state index is 0.446. The van der Waals surface area contributed by atoms with Gasteiger partial charge in [-0.2, -0.15) is 24.7 Å². The van der Waals surface area contributed by atoms with Crippen molar-refractivity contribution >= 4 is 11.9 Å². The van der Waals surface area contributed by atoms with Crippen molar-refractivity contribution < 1.29 is 4.74 Å². The zero-order chi connectivity index (χ0) is 13.8. The fraction of sp³-hybridized carbons (Fsp3) is 0.545. The normalized spacial score (nSPS) is 15.9. The average Bonchev–Trinajstić information content (AvgIpc) is 2.89. The lowest BCUT2D eigenvalue weighted by Crippen LogP contribution is -2.28. The Kier molecular flexibility index (Phi) is 3.68. The molecule has 1 N–H and O–H groups in total. The molecule has 9 heteroatoms. The van der Waals surface area contributed by atoms with Crippen molar-refractivity contribution in [2.24, 2.45) is 0 Å². The Morgan fingerprint density at radius 1 is 1.15 bits per heavy atom. The van der Waals surface area contributed by atoms with Gasteiger partial charge in [0.1, 0.15) is 12.7 Å². The first-order valence-corrected chi connectivity index (χ1v) is 6.48. The van der Waals surface area contributed by atoms with Gasteiger partial charge in [-0.25, -0.2) is 4.98 Å². The second kappa shape index (κ2) is 5.78. The van der Waals surface area contributed by atoms with E-state index in [4.69, 9.17) is 4.74 Å². The van der Waals surface area contributed by atoms with Crippen LogP contribution in [0.4, 0.5) is 11.9 Å². The second-order valence-electron chi connectivity index (χ2n) is 4.30. The summed E-state index contributed by atoms with van der Waals surface area (Å²) in [5.74, 6) is 1.58. The Bertz CT molecular complexity index is 550. The highest BCUT2D eigenvalue weighted by atomic mass is 16.5. The van der Waals surface area contributed by atoms with Gasteiger partial charge in [0.15, 0.2) is 0 Å². The van der Waals surface area contributed by atoms with Gasteiger partial charge in [-0.1, -0.05) is 0 Å². The summed E-state index contributed by atoms with van der Waals surface area (Å²) in [6.45, 7) is 3.09. The van der Waals surface area contributed by atoms with Crippen LogP contribution < -0.4 is 10.2 Å². The lowest BCUT2D eigenvalue weighted by molar-refractivity contribution is 0.152. The van der Waals surface area contributed by atoms with Crippen LogP contribution in [0.1, 0.15) is 6.42 Å². The van der Waals surface area contributed by atoms with Gasteiger partial charge in [-0.05, 0) is 6.42 Å². The molecule has 0 atom stereocenters. The predicted octanol–water partition coefficient (Wildman–Crippen LogP) is -0.279. The largest absolute Gasteiger partial charge is 0.380 e. The molecule has 9 nitrogen and oxygen atoms in total. The number of nitrogens with one attached hydrogen (secondary N) is 1. The molecule has 20 heavy (non-hydrogen) atoms. The van der Waals surface area contributed by atoms with Crippen LogP contribution in [0.25, 0.3) is 5.95 Å². The molecule has 1 saturated heterocycles. The highest BCUT2D eigenvalue weighted by Crippen LogP contribution is 2.14. The van der Waals surface area contributed by atoms with Crippen LogP contribution in [0.2, 0.25) is 0 Å². The van der Waals surface area contributed by atoms with Crippen LogP contribution in [-0.4, -0.2) is 63.1 Å². The molecule has 2 aromatic rings. The molecule has 0 radical (unpaired) electrons. The van der Waals surface area contributed by atoms with E-state index in [1.54, 1.807) is 13.4 Å². The van der Waals surface area contributed by atoms with Gasteiger partial charge in [0, 0.05) is 26.7 Å². The molecule has 0 spiro atoms. The minimum absolute atomic E-state index is 0.446. The summed E-state index contributed by atoms with van der Waals surface area (Å²) in [5.41, 5.74) is 0. The highest BCUT2D eigenvalue weighted by molar-refractivity contribution is 5.39. The van der Waals surface area contributed by atoms with Crippen LogP contribution in [0, 0.1) is 0 Å². The van der Waals surface area contributed by atoms with Gasteiger partial charge >= 0.3 is 0 Å². The van der Waals surface area contributed by atoms with Crippen molar-refractivity contribution in [2.75, 3.05) is 43.6 Å². The van der Waals surface area contributed by atoms with E-state index in [-0.39, 0.29) is 0 Å². The molecule has 1 aliphatic rings. The minimum Gasteiger partial charge on any atom is -0.380 e. The van der Waals surface area contributed by atoms with Gasteiger partial charge in [0.05, 0.1) is 6.61 Å². The number of anilines is 2. The Morgan fingerprint density at radius 3 is 2.85 bits per heavy atom. The van der Waals surface area contributed by atoms with Gasteiger partial charge in [-0.3, -0.25) is 0 Å². The number of aromatic nitrogens is 6. The summed E-state index contributed by atoms with van der Waals surface area (Å²) < 4.78 is 6.96. The van der Waals surface area contributed by atoms with Crippen LogP contribution in [0.15, 0.2) is 12.7 Å². The van der Waals surface area contributed by atoms with Crippen LogP contribution in [-0.2, 0) is 4.74 Å². The van der Waals surface area contributed by atoms with E-state index in [2.05, 4.69) is 35.3 Å². The summed E-state index contributed by atoms with van der Waals surface area (Å²) in [5, 5.41) is 6.99. The molecule has 1 aliphatic heterocycles. The van der Waals surface area contributed by atoms with Gasteiger partial charge in [0.25, 0.3) is 5.95 Å². The summed E-state index contributed by atoms with van der Waals surface area (Å²) in [6.07, 6.45) is 3.96. The second-order valence-corrected chi connectivity index (χ2v) is 4.30. The summed E-state index contributed by atoms with van der Waals surface area (Å²) in [7, 11) is 1.77. The Labute approximate surface area is 116 Å². The van der Waals surface area contributed by atoms with Gasteiger partial charge in [-0.15, -0.1) is 0 Å². The third kappa shape index (κ3) is 2.67. The Balaban J connectivity index is 1.95. The maximum atomic E-state index is 5.45. The van der Waals surface area contributed by atoms with E-state index in [0.29, 0.717) is 24.5 Å². The molecule has 0 saturated carbocycles. The van der Waals surface area contributed by atoms with Gasteiger partial charge in [0.2, 0.25) is 11.9 Å². The third-order valence-electron chi connectivity index (χ3n) is 2.96. The first kappa shape index (κ1) is 12.7. The van der Waals surface area contributed by atoms with Crippen LogP contribution in [0.5, 0.6) is 0 Å². The van der Waals surface area contributed by atoms with Crippen molar-refractivity contribution in [3.63, 3.8) is 0 Å². The van der Waals surface area contributed by atoms with Crippen molar-refractivity contribution in [3.05, 3.63) is 12.7 Å². The number of hydrogen-bond donors (Lipinski definition) is 1. The quantitative estimate of drug-likeness (QED) is 0.818. The van der Waals surface area contributed by atoms with E-state index in [9.17, 15) is 0 Å². The van der Waals surface area contributed by atoms with Crippen molar-refractivity contribution in [1.29, 1.82) is 0 Å². The Hall–Kier alpha value is -2.29. The maximum Gasteiger partial charge on any atom is 0.258 e. The summed E-state index contributed by atoms with van der Waals surface area (Å²) in [6, 6.07) is 0.